The lowest BCUT2D eigenvalue weighted by Gasteiger charge is -2.18. The van der Waals surface area contributed by atoms with Crippen LogP contribution in [0.3, 0.4) is 0 Å². The van der Waals surface area contributed by atoms with Crippen LogP contribution in [0.2, 0.25) is 0 Å². The molecular weight excluding hydrogens is 604 g/mol. The highest BCUT2D eigenvalue weighted by Crippen LogP contribution is 2.15. The average molecular weight is 685 g/mol. The van der Waals surface area contributed by atoms with Gasteiger partial charge in [0.05, 0.1) is 13.1 Å². The Balaban J connectivity index is 4.17. The van der Waals surface area contributed by atoms with Crippen LogP contribution in [-0.4, -0.2) is 56.9 Å². The van der Waals surface area contributed by atoms with E-state index in [1.165, 1.54) is 128 Å². The van der Waals surface area contributed by atoms with Crippen LogP contribution in [0.25, 0.3) is 0 Å². The van der Waals surface area contributed by atoms with E-state index in [0.29, 0.717) is 12.8 Å². The summed E-state index contributed by atoms with van der Waals surface area (Å²) in [5.41, 5.74) is 3.81. The fourth-order valence-corrected chi connectivity index (χ4v) is 5.95. The lowest BCUT2D eigenvalue weighted by Crippen LogP contribution is -2.86. The molecule has 1 unspecified atom stereocenters. The zero-order chi connectivity index (χ0) is 35.2. The summed E-state index contributed by atoms with van der Waals surface area (Å²) >= 11 is 0. The maximum absolute atomic E-state index is 12.6. The fraction of sp³-hybridized carbons (Fsp3) is 0.925. The van der Waals surface area contributed by atoms with Gasteiger partial charge in [0.2, 0.25) is 0 Å². The molecule has 0 aromatic heterocycles. The van der Waals surface area contributed by atoms with Crippen molar-refractivity contribution in [3.63, 3.8) is 0 Å². The molecule has 284 valence electrons. The van der Waals surface area contributed by atoms with Crippen molar-refractivity contribution in [2.24, 2.45) is 0 Å². The van der Waals surface area contributed by atoms with Crippen LogP contribution < -0.4 is 11.1 Å². The van der Waals surface area contributed by atoms with E-state index in [1.54, 1.807) is 0 Å². The number of rotatable bonds is 38. The predicted octanol–water partition coefficient (Wildman–Crippen LogP) is 8.14. The van der Waals surface area contributed by atoms with Gasteiger partial charge in [-0.25, -0.2) is 4.79 Å². The number of carbonyl (C=O) groups is 3. The maximum atomic E-state index is 12.6. The van der Waals surface area contributed by atoms with E-state index in [9.17, 15) is 14.4 Å². The second-order valence-corrected chi connectivity index (χ2v) is 14.0. The number of unbranched alkanes of at least 4 members (excludes halogenated alkanes) is 24. The molecule has 0 radical (unpaired) electrons. The van der Waals surface area contributed by atoms with Gasteiger partial charge in [-0.05, 0) is 12.8 Å². The van der Waals surface area contributed by atoms with Crippen molar-refractivity contribution >= 4 is 17.9 Å². The van der Waals surface area contributed by atoms with Crippen molar-refractivity contribution in [1.29, 1.82) is 0 Å². The number of hydrogen-bond acceptors (Lipinski definition) is 6. The number of nitrogens with two attached hydrogens (primary N) is 1. The van der Waals surface area contributed by atoms with Gasteiger partial charge in [-0.1, -0.05) is 168 Å². The number of quaternary nitrogens is 2. The van der Waals surface area contributed by atoms with E-state index in [4.69, 9.17) is 14.2 Å². The zero-order valence-corrected chi connectivity index (χ0v) is 31.9. The Kier molecular flexibility index (Phi) is 36.8. The topological polar surface area (TPSA) is 123 Å². The van der Waals surface area contributed by atoms with Crippen molar-refractivity contribution in [3.05, 3.63) is 0 Å². The first-order valence-corrected chi connectivity index (χ1v) is 20.6. The van der Waals surface area contributed by atoms with Gasteiger partial charge in [-0.15, -0.1) is 0 Å². The van der Waals surface area contributed by atoms with Crippen molar-refractivity contribution in [2.45, 2.75) is 206 Å². The molecule has 0 saturated heterocycles. The molecular formula is C40H80N2O6+2. The first-order chi connectivity index (χ1) is 23.5. The molecule has 48 heavy (non-hydrogen) atoms. The number of hydrogen-bond donors (Lipinski definition) is 2. The molecule has 0 aliphatic rings. The molecule has 1 atom stereocenters. The van der Waals surface area contributed by atoms with Crippen LogP contribution in [0.15, 0.2) is 0 Å². The molecule has 8 nitrogen and oxygen atoms in total. The molecule has 0 spiro atoms. The summed E-state index contributed by atoms with van der Waals surface area (Å²) in [6.07, 6.45) is 33.3. The summed E-state index contributed by atoms with van der Waals surface area (Å²) in [5.74, 6) is -0.980. The Bertz CT molecular complexity index is 720. The van der Waals surface area contributed by atoms with Crippen molar-refractivity contribution < 1.29 is 39.6 Å². The molecule has 0 amide bonds. The Morgan fingerprint density at radius 2 is 0.833 bits per heavy atom. The first-order valence-electron chi connectivity index (χ1n) is 20.6. The normalized spacial score (nSPS) is 11.8. The highest BCUT2D eigenvalue weighted by Gasteiger charge is 2.20. The van der Waals surface area contributed by atoms with E-state index in [-0.39, 0.29) is 37.7 Å². The summed E-state index contributed by atoms with van der Waals surface area (Å²) in [6.45, 7) is 6.18. The van der Waals surface area contributed by atoms with Gasteiger partial charge in [-0.3, -0.25) is 9.59 Å². The molecule has 0 aromatic rings. The van der Waals surface area contributed by atoms with Crippen LogP contribution in [-0.2, 0) is 28.6 Å². The monoisotopic (exact) mass is 685 g/mol. The highest BCUT2D eigenvalue weighted by molar-refractivity contribution is 5.71. The van der Waals surface area contributed by atoms with Crippen LogP contribution in [0.1, 0.15) is 200 Å². The Morgan fingerprint density at radius 1 is 0.479 bits per heavy atom. The van der Waals surface area contributed by atoms with Gasteiger partial charge in [-0.2, -0.15) is 0 Å². The summed E-state index contributed by atoms with van der Waals surface area (Å²) in [6, 6.07) is 0. The van der Waals surface area contributed by atoms with Gasteiger partial charge in [0.1, 0.15) is 13.2 Å². The van der Waals surface area contributed by atoms with Crippen molar-refractivity contribution in [1.82, 2.24) is 0 Å². The summed E-state index contributed by atoms with van der Waals surface area (Å²) in [5, 5.41) is 1.89. The van der Waals surface area contributed by atoms with Gasteiger partial charge >= 0.3 is 17.9 Å². The Hall–Kier alpha value is -1.67. The minimum absolute atomic E-state index is 0.0832. The Labute approximate surface area is 296 Å². The van der Waals surface area contributed by atoms with Crippen LogP contribution in [0.4, 0.5) is 0 Å². The van der Waals surface area contributed by atoms with Gasteiger partial charge in [0.15, 0.2) is 12.6 Å². The number of carbonyl (C=O) groups excluding carboxylic acids is 3. The van der Waals surface area contributed by atoms with Crippen LogP contribution >= 0.6 is 0 Å². The lowest BCUT2D eigenvalue weighted by atomic mass is 10.0. The van der Waals surface area contributed by atoms with E-state index < -0.39 is 6.10 Å². The molecule has 0 saturated carbocycles. The minimum atomic E-state index is -0.779. The molecule has 0 aromatic carbocycles. The summed E-state index contributed by atoms with van der Waals surface area (Å²) < 4.78 is 16.4. The third-order valence-corrected chi connectivity index (χ3v) is 9.10. The largest absolute Gasteiger partial charge is 0.462 e. The smallest absolute Gasteiger partial charge is 0.361 e. The second-order valence-electron chi connectivity index (χ2n) is 14.0. The number of ether oxygens (including phenoxy) is 3. The standard InChI is InChI=1S/C40H78N2O6/c1-3-5-7-9-11-13-15-17-19-21-23-25-27-30-38(43)46-35-37(36-47-40(45)34-42-33-29-32-41)48-39(44)31-28-26-24-22-20-18-16-14-12-10-8-6-4-2/h37,42H,3-36,41H2,1-2H3/p+2. The lowest BCUT2D eigenvalue weighted by molar-refractivity contribution is -0.647. The Morgan fingerprint density at radius 3 is 1.23 bits per heavy atom. The third-order valence-electron chi connectivity index (χ3n) is 9.10. The van der Waals surface area contributed by atoms with Crippen LogP contribution in [0, 0.1) is 0 Å². The van der Waals surface area contributed by atoms with Crippen molar-refractivity contribution in [2.75, 3.05) is 32.8 Å². The third kappa shape index (κ3) is 35.6. The highest BCUT2D eigenvalue weighted by atomic mass is 16.6. The van der Waals surface area contributed by atoms with Crippen LogP contribution in [0.5, 0.6) is 0 Å². The van der Waals surface area contributed by atoms with E-state index in [0.717, 1.165) is 58.0 Å². The second kappa shape index (κ2) is 38.1. The molecule has 0 aliphatic carbocycles. The SMILES string of the molecule is CCCCCCCCCCCCCCCC(=O)OCC(COC(=O)C[NH2+]CCC[NH3+])OC(=O)CCCCCCCCCCCCCCC. The molecule has 8 heteroatoms. The maximum Gasteiger partial charge on any atom is 0.361 e. The molecule has 0 heterocycles. The molecule has 0 rings (SSSR count). The van der Waals surface area contributed by atoms with E-state index in [1.807, 2.05) is 5.32 Å². The zero-order valence-electron chi connectivity index (χ0n) is 31.9. The fourth-order valence-electron chi connectivity index (χ4n) is 5.95. The summed E-state index contributed by atoms with van der Waals surface area (Å²) in [4.78, 5) is 37.2. The minimum Gasteiger partial charge on any atom is -0.462 e. The number of esters is 3. The molecule has 0 fully saturated rings. The average Bonchev–Trinajstić information content (AvgIpc) is 3.08. The first kappa shape index (κ1) is 46.3. The van der Waals surface area contributed by atoms with E-state index in [2.05, 4.69) is 19.6 Å². The predicted molar refractivity (Wildman–Crippen MR) is 196 cm³/mol. The van der Waals surface area contributed by atoms with Crippen molar-refractivity contribution in [3.8, 4) is 0 Å². The quantitative estimate of drug-likeness (QED) is 0.0385. The van der Waals surface area contributed by atoms with Gasteiger partial charge in [0.25, 0.3) is 0 Å². The molecule has 5 N–H and O–H groups in total. The molecule has 0 bridgehead atoms. The summed E-state index contributed by atoms with van der Waals surface area (Å²) in [7, 11) is 0. The van der Waals surface area contributed by atoms with E-state index >= 15 is 0 Å². The van der Waals surface area contributed by atoms with Gasteiger partial charge < -0.3 is 25.3 Å². The van der Waals surface area contributed by atoms with Gasteiger partial charge in [0, 0.05) is 19.3 Å². The molecule has 0 aliphatic heterocycles.